The number of hydrogen-bond acceptors (Lipinski definition) is 4. The van der Waals surface area contributed by atoms with Crippen LogP contribution in [0, 0.1) is 11.8 Å². The molecule has 2 aromatic rings. The third kappa shape index (κ3) is 3.85. The van der Waals surface area contributed by atoms with Crippen molar-refractivity contribution >= 4 is 17.7 Å². The predicted molar refractivity (Wildman–Crippen MR) is 111 cm³/mol. The largest absolute Gasteiger partial charge is 0.497 e. The SMILES string of the molecule is COc1ccc([C@H](NC(=O)CN2C(=O)[C@H]3CC=CC[C@@H]3C2=O)c2ccccc2)cc1. The average molecular weight is 404 g/mol. The van der Waals surface area contributed by atoms with Gasteiger partial charge in [0.05, 0.1) is 25.0 Å². The zero-order chi connectivity index (χ0) is 21.1. The number of ether oxygens (including phenoxy) is 1. The summed E-state index contributed by atoms with van der Waals surface area (Å²) in [4.78, 5) is 39.3. The first kappa shape index (κ1) is 19.9. The Bertz CT molecular complexity index is 942. The Balaban J connectivity index is 1.52. The summed E-state index contributed by atoms with van der Waals surface area (Å²) in [6.07, 6.45) is 4.99. The van der Waals surface area contributed by atoms with E-state index in [0.29, 0.717) is 12.8 Å². The van der Waals surface area contributed by atoms with Crippen molar-refractivity contribution in [3.63, 3.8) is 0 Å². The lowest BCUT2D eigenvalue weighted by Crippen LogP contribution is -2.42. The molecule has 2 aromatic carbocycles. The summed E-state index contributed by atoms with van der Waals surface area (Å²) in [6, 6.07) is 16.6. The first-order valence-electron chi connectivity index (χ1n) is 10.1. The first-order chi connectivity index (χ1) is 14.6. The van der Waals surface area contributed by atoms with E-state index in [0.717, 1.165) is 21.8 Å². The van der Waals surface area contributed by atoms with Gasteiger partial charge in [-0.3, -0.25) is 19.3 Å². The van der Waals surface area contributed by atoms with E-state index in [1.807, 2.05) is 66.7 Å². The Hall–Kier alpha value is -3.41. The van der Waals surface area contributed by atoms with Gasteiger partial charge in [-0.25, -0.2) is 0 Å². The van der Waals surface area contributed by atoms with Gasteiger partial charge in [-0.15, -0.1) is 0 Å². The molecule has 30 heavy (non-hydrogen) atoms. The predicted octanol–water partition coefficient (Wildman–Crippen LogP) is 2.85. The standard InChI is InChI=1S/C24H24N2O4/c1-30-18-13-11-17(12-14-18)22(16-7-3-2-4-8-16)25-21(27)15-26-23(28)19-9-5-6-10-20(19)24(26)29/h2-8,11-14,19-20,22H,9-10,15H2,1H3,(H,25,27)/t19-,20-,22+/m0/s1. The highest BCUT2D eigenvalue weighted by atomic mass is 16.5. The van der Waals surface area contributed by atoms with Gasteiger partial charge < -0.3 is 10.1 Å². The fourth-order valence-electron chi connectivity index (χ4n) is 4.18. The highest BCUT2D eigenvalue weighted by Crippen LogP contribution is 2.35. The fourth-order valence-corrected chi connectivity index (χ4v) is 4.18. The number of carbonyl (C=O) groups is 3. The van der Waals surface area contributed by atoms with Crippen LogP contribution < -0.4 is 10.1 Å². The van der Waals surface area contributed by atoms with E-state index >= 15 is 0 Å². The molecule has 4 rings (SSSR count). The van der Waals surface area contributed by atoms with Gasteiger partial charge in [0.2, 0.25) is 17.7 Å². The molecule has 3 amide bonds. The van der Waals surface area contributed by atoms with Gasteiger partial charge in [-0.1, -0.05) is 54.6 Å². The Morgan fingerprint density at radius 3 is 2.10 bits per heavy atom. The number of benzene rings is 2. The quantitative estimate of drug-likeness (QED) is 0.593. The highest BCUT2D eigenvalue weighted by Gasteiger charge is 2.47. The molecule has 6 heteroatoms. The fraction of sp³-hybridized carbons (Fsp3) is 0.292. The van der Waals surface area contributed by atoms with E-state index in [1.165, 1.54) is 0 Å². The molecule has 1 saturated heterocycles. The lowest BCUT2D eigenvalue weighted by molar-refractivity contribution is -0.143. The molecule has 3 atom stereocenters. The van der Waals surface area contributed by atoms with Crippen LogP contribution in [-0.2, 0) is 14.4 Å². The Labute approximate surface area is 175 Å². The van der Waals surface area contributed by atoms with Gasteiger partial charge in [0.25, 0.3) is 0 Å². The molecule has 0 saturated carbocycles. The van der Waals surface area contributed by atoms with Gasteiger partial charge in [-0.2, -0.15) is 0 Å². The minimum absolute atomic E-state index is 0.245. The van der Waals surface area contributed by atoms with Crippen LogP contribution >= 0.6 is 0 Å². The van der Waals surface area contributed by atoms with E-state index < -0.39 is 6.04 Å². The maximum atomic E-state index is 12.9. The van der Waals surface area contributed by atoms with E-state index in [4.69, 9.17) is 4.74 Å². The number of fused-ring (bicyclic) bond motifs is 1. The van der Waals surface area contributed by atoms with Crippen LogP contribution in [-0.4, -0.2) is 36.3 Å². The molecule has 1 heterocycles. The van der Waals surface area contributed by atoms with Crippen LogP contribution in [0.4, 0.5) is 0 Å². The molecule has 0 unspecified atom stereocenters. The normalized spacial score (nSPS) is 21.3. The summed E-state index contributed by atoms with van der Waals surface area (Å²) in [6.45, 7) is -0.260. The van der Waals surface area contributed by atoms with Crippen LogP contribution in [0.1, 0.15) is 30.0 Å². The van der Waals surface area contributed by atoms with Gasteiger partial charge in [0.15, 0.2) is 0 Å². The van der Waals surface area contributed by atoms with Gasteiger partial charge in [0, 0.05) is 0 Å². The van der Waals surface area contributed by atoms with Crippen molar-refractivity contribution in [3.8, 4) is 5.75 Å². The molecule has 154 valence electrons. The highest BCUT2D eigenvalue weighted by molar-refractivity contribution is 6.07. The molecular formula is C24H24N2O4. The Morgan fingerprint density at radius 2 is 1.53 bits per heavy atom. The van der Waals surface area contributed by atoms with Crippen LogP contribution in [0.15, 0.2) is 66.7 Å². The number of nitrogens with zero attached hydrogens (tertiary/aromatic N) is 1. The van der Waals surface area contributed by atoms with E-state index in [9.17, 15) is 14.4 Å². The monoisotopic (exact) mass is 404 g/mol. The molecule has 0 spiro atoms. The van der Waals surface area contributed by atoms with Crippen molar-refractivity contribution < 1.29 is 19.1 Å². The number of likely N-dealkylation sites (tertiary alicyclic amines) is 1. The Morgan fingerprint density at radius 1 is 0.967 bits per heavy atom. The van der Waals surface area contributed by atoms with Gasteiger partial charge in [0.1, 0.15) is 12.3 Å². The minimum Gasteiger partial charge on any atom is -0.497 e. The molecule has 1 aliphatic carbocycles. The number of amides is 3. The summed E-state index contributed by atoms with van der Waals surface area (Å²) < 4.78 is 5.22. The third-order valence-corrected chi connectivity index (χ3v) is 5.79. The van der Waals surface area contributed by atoms with E-state index in [2.05, 4.69) is 5.32 Å². The first-order valence-corrected chi connectivity index (χ1v) is 10.1. The second-order valence-electron chi connectivity index (χ2n) is 7.60. The number of hydrogen-bond donors (Lipinski definition) is 1. The van der Waals surface area contributed by atoms with Crippen molar-refractivity contribution in [2.45, 2.75) is 18.9 Å². The summed E-state index contributed by atoms with van der Waals surface area (Å²) in [7, 11) is 1.60. The number of rotatable bonds is 6. The molecule has 0 radical (unpaired) electrons. The van der Waals surface area contributed by atoms with Crippen LogP contribution in [0.25, 0.3) is 0 Å². The summed E-state index contributed by atoms with van der Waals surface area (Å²) in [5.74, 6) is -0.798. The van der Waals surface area contributed by atoms with Gasteiger partial charge in [-0.05, 0) is 36.1 Å². The van der Waals surface area contributed by atoms with Crippen molar-refractivity contribution in [2.75, 3.05) is 13.7 Å². The van der Waals surface area contributed by atoms with Crippen LogP contribution in [0.3, 0.4) is 0 Å². The third-order valence-electron chi connectivity index (χ3n) is 5.79. The molecule has 1 aliphatic heterocycles. The lowest BCUT2D eigenvalue weighted by atomic mass is 9.85. The molecule has 2 aliphatic rings. The minimum atomic E-state index is -0.402. The summed E-state index contributed by atoms with van der Waals surface area (Å²) >= 11 is 0. The zero-order valence-electron chi connectivity index (χ0n) is 16.8. The van der Waals surface area contributed by atoms with Gasteiger partial charge >= 0.3 is 0 Å². The zero-order valence-corrected chi connectivity index (χ0v) is 16.8. The van der Waals surface area contributed by atoms with Crippen LogP contribution in [0.2, 0.25) is 0 Å². The second kappa shape index (κ2) is 8.53. The van der Waals surface area contributed by atoms with Crippen molar-refractivity contribution in [2.24, 2.45) is 11.8 Å². The van der Waals surface area contributed by atoms with Crippen molar-refractivity contribution in [1.82, 2.24) is 10.2 Å². The van der Waals surface area contributed by atoms with Crippen molar-refractivity contribution in [1.29, 1.82) is 0 Å². The Kier molecular flexibility index (Phi) is 5.65. The second-order valence-corrected chi connectivity index (χ2v) is 7.60. The molecule has 0 aromatic heterocycles. The van der Waals surface area contributed by atoms with Crippen LogP contribution in [0.5, 0.6) is 5.75 Å². The average Bonchev–Trinajstić information content (AvgIpc) is 3.03. The molecule has 1 N–H and O–H groups in total. The smallest absolute Gasteiger partial charge is 0.240 e. The number of nitrogens with one attached hydrogen (secondary N) is 1. The molecule has 1 fully saturated rings. The van der Waals surface area contributed by atoms with Crippen molar-refractivity contribution in [3.05, 3.63) is 77.9 Å². The molecule has 6 nitrogen and oxygen atoms in total. The number of methoxy groups -OCH3 is 1. The van der Waals surface area contributed by atoms with E-state index in [-0.39, 0.29) is 36.1 Å². The topological polar surface area (TPSA) is 75.7 Å². The summed E-state index contributed by atoms with van der Waals surface area (Å²) in [5.41, 5.74) is 1.79. The lowest BCUT2D eigenvalue weighted by Gasteiger charge is -2.22. The molecule has 0 bridgehead atoms. The maximum Gasteiger partial charge on any atom is 0.240 e. The number of imide groups is 1. The maximum absolute atomic E-state index is 12.9. The number of carbonyl (C=O) groups excluding carboxylic acids is 3. The van der Waals surface area contributed by atoms with E-state index in [1.54, 1.807) is 7.11 Å². The summed E-state index contributed by atoms with van der Waals surface area (Å²) in [5, 5.41) is 2.99. The number of allylic oxidation sites excluding steroid dienone is 2. The molecular weight excluding hydrogens is 380 g/mol.